The smallest absolute Gasteiger partial charge is 0.458 e. The van der Waals surface area contributed by atoms with E-state index in [0.29, 0.717) is 0 Å². The van der Waals surface area contributed by atoms with Gasteiger partial charge in [0.25, 0.3) is 0 Å². The summed E-state index contributed by atoms with van der Waals surface area (Å²) in [6, 6.07) is 0. The Morgan fingerprint density at radius 3 is 2.56 bits per heavy atom. The molecule has 1 rings (SSSR count). The summed E-state index contributed by atoms with van der Waals surface area (Å²) in [4.78, 5) is 10.6. The molecule has 5 nitrogen and oxygen atoms in total. The van der Waals surface area contributed by atoms with Crippen molar-refractivity contribution in [3.8, 4) is 0 Å². The quantitative estimate of drug-likeness (QED) is 0.448. The fourth-order valence-corrected chi connectivity index (χ4v) is 1.61. The van der Waals surface area contributed by atoms with Crippen LogP contribution in [0.1, 0.15) is 13.3 Å². The van der Waals surface area contributed by atoms with E-state index in [1.54, 1.807) is 0 Å². The molecule has 0 spiro atoms. The Morgan fingerprint density at radius 2 is 2.06 bits per heavy atom. The van der Waals surface area contributed by atoms with E-state index in [9.17, 15) is 26.4 Å². The van der Waals surface area contributed by atoms with E-state index in [4.69, 9.17) is 4.74 Å². The standard InChI is InChI=1S/C9H9F3O5S/c1-6(13)16-7-3-2-4-8(5-7)17-18(14,15)9(10,11)12/h2,4-5,7H,3H2,1H3. The van der Waals surface area contributed by atoms with Crippen LogP contribution in [0.15, 0.2) is 24.0 Å². The van der Waals surface area contributed by atoms with Crippen molar-refractivity contribution >= 4 is 16.1 Å². The second-order valence-electron chi connectivity index (χ2n) is 3.34. The van der Waals surface area contributed by atoms with Gasteiger partial charge in [-0.25, -0.2) is 0 Å². The number of esters is 1. The zero-order valence-electron chi connectivity index (χ0n) is 9.10. The fourth-order valence-electron chi connectivity index (χ4n) is 1.15. The van der Waals surface area contributed by atoms with E-state index < -0.39 is 33.5 Å². The van der Waals surface area contributed by atoms with E-state index in [1.165, 1.54) is 6.08 Å². The number of alkyl halides is 3. The number of allylic oxidation sites excluding steroid dienone is 1. The highest BCUT2D eigenvalue weighted by Gasteiger charge is 2.48. The summed E-state index contributed by atoms with van der Waals surface area (Å²) in [5, 5.41) is 0. The third-order valence-corrected chi connectivity index (χ3v) is 2.79. The lowest BCUT2D eigenvalue weighted by atomic mass is 10.1. The van der Waals surface area contributed by atoms with Crippen LogP contribution < -0.4 is 0 Å². The molecule has 0 saturated carbocycles. The number of hydrogen-bond donors (Lipinski definition) is 0. The van der Waals surface area contributed by atoms with E-state index in [0.717, 1.165) is 19.1 Å². The van der Waals surface area contributed by atoms with Crippen molar-refractivity contribution in [1.82, 2.24) is 0 Å². The Labute approximate surface area is 101 Å². The van der Waals surface area contributed by atoms with Gasteiger partial charge >= 0.3 is 21.6 Å². The van der Waals surface area contributed by atoms with Gasteiger partial charge in [0.1, 0.15) is 11.9 Å². The molecule has 1 aliphatic carbocycles. The third kappa shape index (κ3) is 3.76. The fraction of sp³-hybridized carbons (Fsp3) is 0.444. The van der Waals surface area contributed by atoms with Crippen LogP contribution in [0.2, 0.25) is 0 Å². The van der Waals surface area contributed by atoms with Gasteiger partial charge in [0.15, 0.2) is 0 Å². The monoisotopic (exact) mass is 286 g/mol. The maximum Gasteiger partial charge on any atom is 0.534 e. The molecule has 0 heterocycles. The average molecular weight is 286 g/mol. The van der Waals surface area contributed by atoms with Crippen LogP contribution in [-0.2, 0) is 23.8 Å². The van der Waals surface area contributed by atoms with Gasteiger partial charge in [-0.2, -0.15) is 21.6 Å². The minimum Gasteiger partial charge on any atom is -0.458 e. The normalized spacial score (nSPS) is 20.2. The van der Waals surface area contributed by atoms with Crippen LogP contribution in [0.5, 0.6) is 0 Å². The molecule has 0 radical (unpaired) electrons. The van der Waals surface area contributed by atoms with Crippen LogP contribution in [0, 0.1) is 0 Å². The highest BCUT2D eigenvalue weighted by Crippen LogP contribution is 2.28. The van der Waals surface area contributed by atoms with Gasteiger partial charge in [-0.05, 0) is 6.08 Å². The third-order valence-electron chi connectivity index (χ3n) is 1.81. The lowest BCUT2D eigenvalue weighted by Gasteiger charge is -2.17. The molecular formula is C9H9F3O5S. The summed E-state index contributed by atoms with van der Waals surface area (Å²) in [5.41, 5.74) is -5.50. The van der Waals surface area contributed by atoms with Gasteiger partial charge in [0.05, 0.1) is 0 Å². The molecule has 0 saturated heterocycles. The van der Waals surface area contributed by atoms with Crippen molar-refractivity contribution < 1.29 is 35.3 Å². The van der Waals surface area contributed by atoms with Crippen molar-refractivity contribution in [3.63, 3.8) is 0 Å². The van der Waals surface area contributed by atoms with Crippen molar-refractivity contribution in [3.05, 3.63) is 24.0 Å². The minimum atomic E-state index is -5.71. The van der Waals surface area contributed by atoms with Gasteiger partial charge in [-0.3, -0.25) is 4.79 Å². The van der Waals surface area contributed by atoms with Crippen molar-refractivity contribution in [2.45, 2.75) is 25.0 Å². The summed E-state index contributed by atoms with van der Waals surface area (Å²) in [5.74, 6) is -1.17. The molecule has 0 aliphatic heterocycles. The van der Waals surface area contributed by atoms with E-state index in [1.807, 2.05) is 0 Å². The van der Waals surface area contributed by atoms with Crippen molar-refractivity contribution in [2.75, 3.05) is 0 Å². The maximum absolute atomic E-state index is 12.0. The molecule has 18 heavy (non-hydrogen) atoms. The van der Waals surface area contributed by atoms with Crippen LogP contribution in [0.3, 0.4) is 0 Å². The second-order valence-corrected chi connectivity index (χ2v) is 4.88. The molecule has 0 aromatic heterocycles. The average Bonchev–Trinajstić information content (AvgIpc) is 2.14. The molecule has 0 aromatic rings. The highest BCUT2D eigenvalue weighted by atomic mass is 32.2. The predicted octanol–water partition coefficient (Wildman–Crippen LogP) is 1.63. The Balaban J connectivity index is 2.82. The maximum atomic E-state index is 12.0. The number of ether oxygens (including phenoxy) is 1. The van der Waals surface area contributed by atoms with Gasteiger partial charge < -0.3 is 8.92 Å². The first-order valence-corrected chi connectivity index (χ1v) is 6.09. The summed E-state index contributed by atoms with van der Waals surface area (Å²) in [6.45, 7) is 1.12. The van der Waals surface area contributed by atoms with Crippen LogP contribution in [-0.4, -0.2) is 26.0 Å². The van der Waals surface area contributed by atoms with Crippen LogP contribution >= 0.6 is 0 Å². The number of carbonyl (C=O) groups is 1. The summed E-state index contributed by atoms with van der Waals surface area (Å²) in [7, 11) is -5.71. The Kier molecular flexibility index (Phi) is 4.05. The van der Waals surface area contributed by atoms with Gasteiger partial charge in [-0.1, -0.05) is 6.08 Å². The minimum absolute atomic E-state index is 0.235. The summed E-state index contributed by atoms with van der Waals surface area (Å²) < 4.78 is 66.2. The van der Waals surface area contributed by atoms with Gasteiger partial charge in [0.2, 0.25) is 0 Å². The molecule has 0 amide bonds. The molecule has 0 bridgehead atoms. The molecule has 0 N–H and O–H groups in total. The van der Waals surface area contributed by atoms with Crippen LogP contribution in [0.25, 0.3) is 0 Å². The first-order valence-electron chi connectivity index (χ1n) is 4.68. The Hall–Kier alpha value is -1.51. The molecule has 102 valence electrons. The lowest BCUT2D eigenvalue weighted by Crippen LogP contribution is -2.26. The summed E-state index contributed by atoms with van der Waals surface area (Å²) in [6.07, 6.45) is 2.78. The number of halogens is 3. The number of carbonyl (C=O) groups excluding carboxylic acids is 1. The lowest BCUT2D eigenvalue weighted by molar-refractivity contribution is -0.144. The topological polar surface area (TPSA) is 69.7 Å². The number of hydrogen-bond acceptors (Lipinski definition) is 5. The van der Waals surface area contributed by atoms with Gasteiger partial charge in [-0.15, -0.1) is 0 Å². The number of rotatable bonds is 3. The molecular weight excluding hydrogens is 277 g/mol. The first kappa shape index (κ1) is 14.6. The Morgan fingerprint density at radius 1 is 1.44 bits per heavy atom. The van der Waals surface area contributed by atoms with E-state index in [2.05, 4.69) is 4.18 Å². The Bertz CT molecular complexity index is 489. The molecule has 1 atom stereocenters. The van der Waals surface area contributed by atoms with Crippen LogP contribution in [0.4, 0.5) is 13.2 Å². The molecule has 0 aromatic carbocycles. The highest BCUT2D eigenvalue weighted by molar-refractivity contribution is 7.87. The molecule has 0 fully saturated rings. The van der Waals surface area contributed by atoms with E-state index >= 15 is 0 Å². The van der Waals surface area contributed by atoms with Gasteiger partial charge in [0, 0.05) is 19.4 Å². The SMILES string of the molecule is CC(=O)OC1C=C(OS(=O)(=O)C(F)(F)F)C=CC1. The second kappa shape index (κ2) is 5.01. The molecule has 1 aliphatic rings. The zero-order valence-corrected chi connectivity index (χ0v) is 9.92. The summed E-state index contributed by atoms with van der Waals surface area (Å²) >= 11 is 0. The molecule has 1 unspecified atom stereocenters. The first-order chi connectivity index (χ1) is 8.12. The zero-order chi connectivity index (χ0) is 14.0. The largest absolute Gasteiger partial charge is 0.534 e. The molecule has 9 heteroatoms. The predicted molar refractivity (Wildman–Crippen MR) is 53.5 cm³/mol. The van der Waals surface area contributed by atoms with Crippen molar-refractivity contribution in [1.29, 1.82) is 0 Å². The van der Waals surface area contributed by atoms with E-state index in [-0.39, 0.29) is 6.42 Å². The van der Waals surface area contributed by atoms with Crippen molar-refractivity contribution in [2.24, 2.45) is 0 Å².